The van der Waals surface area contributed by atoms with Gasteiger partial charge < -0.3 is 15.7 Å². The molecule has 0 spiro atoms. The predicted octanol–water partition coefficient (Wildman–Crippen LogP) is 1.81. The molecular formula is C25H26N6O2. The molecule has 0 unspecified atom stereocenters. The summed E-state index contributed by atoms with van der Waals surface area (Å²) in [5.74, 6) is 6.23. The number of pyridine rings is 1. The van der Waals surface area contributed by atoms with Crippen molar-refractivity contribution in [3.63, 3.8) is 0 Å². The van der Waals surface area contributed by atoms with E-state index in [1.54, 1.807) is 13.2 Å². The number of aromatic nitrogens is 3. The number of hydrogen-bond donors (Lipinski definition) is 2. The molecule has 0 radical (unpaired) electrons. The second-order valence-corrected chi connectivity index (χ2v) is 8.78. The normalized spacial score (nSPS) is 20.9. The van der Waals surface area contributed by atoms with Gasteiger partial charge in [0.25, 0.3) is 5.91 Å². The van der Waals surface area contributed by atoms with E-state index in [9.17, 15) is 9.90 Å². The van der Waals surface area contributed by atoms with Crippen LogP contribution in [0.5, 0.6) is 0 Å². The smallest absolute Gasteiger partial charge is 0.267 e. The van der Waals surface area contributed by atoms with Crippen LogP contribution in [0.15, 0.2) is 36.7 Å². The van der Waals surface area contributed by atoms with Crippen LogP contribution in [0.25, 0.3) is 22.3 Å². The molecule has 3 aromatic rings. The van der Waals surface area contributed by atoms with Gasteiger partial charge in [-0.1, -0.05) is 24.0 Å². The van der Waals surface area contributed by atoms with E-state index in [0.29, 0.717) is 35.7 Å². The number of carbonyl (C=O) groups is 1. The number of aliphatic hydroxyl groups is 1. The summed E-state index contributed by atoms with van der Waals surface area (Å²) in [6, 6.07) is 7.39. The highest BCUT2D eigenvalue weighted by Gasteiger charge is 2.42. The zero-order valence-electron chi connectivity index (χ0n) is 18.6. The Labute approximate surface area is 192 Å². The second-order valence-electron chi connectivity index (χ2n) is 8.78. The molecule has 168 valence electrons. The van der Waals surface area contributed by atoms with E-state index in [1.807, 2.05) is 30.5 Å². The minimum absolute atomic E-state index is 0.298. The number of anilines is 1. The van der Waals surface area contributed by atoms with Crippen molar-refractivity contribution in [1.82, 2.24) is 24.8 Å². The summed E-state index contributed by atoms with van der Waals surface area (Å²) in [7, 11) is 1.66. The minimum Gasteiger partial charge on any atom is -0.383 e. The topological polar surface area (TPSA) is 108 Å². The Morgan fingerprint density at radius 3 is 2.76 bits per heavy atom. The summed E-state index contributed by atoms with van der Waals surface area (Å²) in [5, 5.41) is 11.4. The molecule has 2 fully saturated rings. The molecule has 0 bridgehead atoms. The van der Waals surface area contributed by atoms with Crippen LogP contribution in [0.4, 0.5) is 5.82 Å². The number of likely N-dealkylation sites (N-methyl/N-ethyl adjacent to an activating group) is 1. The molecule has 2 saturated heterocycles. The zero-order chi connectivity index (χ0) is 23.0. The SMILES string of the molecule is CN1CC[C@@](O)(C#Cc2cccc(-c3nc(N)c4c(CN5CCCC5)cncc4n3)c2)C1=O. The van der Waals surface area contributed by atoms with Crippen molar-refractivity contribution in [1.29, 1.82) is 0 Å². The van der Waals surface area contributed by atoms with Crippen molar-refractivity contribution in [3.05, 3.63) is 47.8 Å². The summed E-state index contributed by atoms with van der Waals surface area (Å²) in [5.41, 5.74) is 7.92. The summed E-state index contributed by atoms with van der Waals surface area (Å²) in [6.45, 7) is 3.45. The number of nitrogens with two attached hydrogens (primary N) is 1. The average Bonchev–Trinajstić information content (AvgIpc) is 3.42. The number of amides is 1. The first-order valence-electron chi connectivity index (χ1n) is 11.2. The molecule has 2 aromatic heterocycles. The number of likely N-dealkylation sites (tertiary alicyclic amines) is 2. The zero-order valence-corrected chi connectivity index (χ0v) is 18.6. The molecule has 5 rings (SSSR count). The van der Waals surface area contributed by atoms with E-state index in [1.165, 1.54) is 17.7 Å². The monoisotopic (exact) mass is 442 g/mol. The van der Waals surface area contributed by atoms with Gasteiger partial charge in [0.05, 0.1) is 17.1 Å². The van der Waals surface area contributed by atoms with Crippen LogP contribution >= 0.6 is 0 Å². The van der Waals surface area contributed by atoms with Crippen LogP contribution in [-0.2, 0) is 11.3 Å². The maximum atomic E-state index is 12.2. The van der Waals surface area contributed by atoms with Crippen LogP contribution in [0.2, 0.25) is 0 Å². The lowest BCUT2D eigenvalue weighted by atomic mass is 10.0. The van der Waals surface area contributed by atoms with Gasteiger partial charge in [0.15, 0.2) is 5.82 Å². The molecule has 8 nitrogen and oxygen atoms in total. The average molecular weight is 443 g/mol. The van der Waals surface area contributed by atoms with Gasteiger partial charge in [-0.2, -0.15) is 0 Å². The highest BCUT2D eigenvalue weighted by molar-refractivity contribution is 5.92. The van der Waals surface area contributed by atoms with Crippen LogP contribution in [0.1, 0.15) is 30.4 Å². The number of benzene rings is 1. The molecular weight excluding hydrogens is 416 g/mol. The van der Waals surface area contributed by atoms with Gasteiger partial charge in [-0.25, -0.2) is 9.97 Å². The number of hydrogen-bond acceptors (Lipinski definition) is 7. The fraction of sp³-hybridized carbons (Fsp3) is 0.360. The molecule has 4 heterocycles. The third-order valence-corrected chi connectivity index (χ3v) is 6.35. The van der Waals surface area contributed by atoms with Crippen LogP contribution < -0.4 is 5.73 Å². The predicted molar refractivity (Wildman–Crippen MR) is 126 cm³/mol. The largest absolute Gasteiger partial charge is 0.383 e. The van der Waals surface area contributed by atoms with E-state index < -0.39 is 5.60 Å². The quantitative estimate of drug-likeness (QED) is 0.596. The third-order valence-electron chi connectivity index (χ3n) is 6.35. The van der Waals surface area contributed by atoms with Crippen molar-refractivity contribution in [3.8, 4) is 23.2 Å². The number of nitrogen functional groups attached to an aromatic ring is 1. The van der Waals surface area contributed by atoms with Gasteiger partial charge in [-0.15, -0.1) is 0 Å². The molecule has 1 atom stereocenters. The van der Waals surface area contributed by atoms with Crippen molar-refractivity contribution < 1.29 is 9.90 Å². The molecule has 1 aromatic carbocycles. The van der Waals surface area contributed by atoms with Gasteiger partial charge in [0.2, 0.25) is 5.60 Å². The summed E-state index contributed by atoms with van der Waals surface area (Å²) >= 11 is 0. The standard InChI is InChI=1S/C25H26N6O2/c1-30-12-9-25(33,24(30)32)8-7-17-5-4-6-18(13-17)23-28-20-15-27-14-19(21(20)22(26)29-23)16-31-10-2-3-11-31/h4-6,13-15,33H,2-3,9-12,16H2,1H3,(H2,26,28,29)/t25-/m0/s1. The van der Waals surface area contributed by atoms with Gasteiger partial charge in [0.1, 0.15) is 5.82 Å². The van der Waals surface area contributed by atoms with Crippen molar-refractivity contribution >= 4 is 22.6 Å². The molecule has 3 N–H and O–H groups in total. The van der Waals surface area contributed by atoms with E-state index in [2.05, 4.69) is 26.7 Å². The first kappa shape index (κ1) is 21.3. The van der Waals surface area contributed by atoms with Crippen molar-refractivity contribution in [2.24, 2.45) is 0 Å². The highest BCUT2D eigenvalue weighted by atomic mass is 16.3. The number of nitrogens with zero attached hydrogens (tertiary/aromatic N) is 5. The Morgan fingerprint density at radius 2 is 2.00 bits per heavy atom. The Morgan fingerprint density at radius 1 is 1.18 bits per heavy atom. The van der Waals surface area contributed by atoms with Gasteiger partial charge >= 0.3 is 0 Å². The molecule has 1 amide bonds. The maximum absolute atomic E-state index is 12.2. The number of carbonyl (C=O) groups excluding carboxylic acids is 1. The van der Waals surface area contributed by atoms with Gasteiger partial charge in [-0.05, 0) is 43.6 Å². The Kier molecular flexibility index (Phi) is 5.44. The minimum atomic E-state index is -1.63. The lowest BCUT2D eigenvalue weighted by molar-refractivity contribution is -0.137. The van der Waals surface area contributed by atoms with Gasteiger partial charge in [0, 0.05) is 43.9 Å². The number of fused-ring (bicyclic) bond motifs is 1. The fourth-order valence-corrected chi connectivity index (χ4v) is 4.49. The van der Waals surface area contributed by atoms with Crippen molar-refractivity contribution in [2.75, 3.05) is 32.4 Å². The molecule has 33 heavy (non-hydrogen) atoms. The summed E-state index contributed by atoms with van der Waals surface area (Å²) < 4.78 is 0. The fourth-order valence-electron chi connectivity index (χ4n) is 4.49. The molecule has 0 aliphatic carbocycles. The van der Waals surface area contributed by atoms with E-state index in [4.69, 9.17) is 10.7 Å². The van der Waals surface area contributed by atoms with Crippen LogP contribution in [0, 0.1) is 11.8 Å². The lowest BCUT2D eigenvalue weighted by Gasteiger charge is -2.16. The Hall–Kier alpha value is -3.54. The molecule has 0 saturated carbocycles. The van der Waals surface area contributed by atoms with Crippen molar-refractivity contribution in [2.45, 2.75) is 31.4 Å². The van der Waals surface area contributed by atoms with Crippen LogP contribution in [0.3, 0.4) is 0 Å². The molecule has 2 aliphatic heterocycles. The lowest BCUT2D eigenvalue weighted by Crippen LogP contribution is -2.37. The molecule has 8 heteroatoms. The van der Waals surface area contributed by atoms with Gasteiger partial charge in [-0.3, -0.25) is 14.7 Å². The summed E-state index contributed by atoms with van der Waals surface area (Å²) in [4.78, 5) is 29.7. The van der Waals surface area contributed by atoms with E-state index >= 15 is 0 Å². The second kappa shape index (κ2) is 8.43. The third kappa shape index (κ3) is 4.13. The summed E-state index contributed by atoms with van der Waals surface area (Å²) in [6.07, 6.45) is 6.30. The first-order valence-corrected chi connectivity index (χ1v) is 11.2. The first-order chi connectivity index (χ1) is 15.9. The van der Waals surface area contributed by atoms with Crippen LogP contribution in [-0.4, -0.2) is 68.0 Å². The number of rotatable bonds is 3. The van der Waals surface area contributed by atoms with E-state index in [-0.39, 0.29) is 5.91 Å². The Bertz CT molecular complexity index is 1290. The maximum Gasteiger partial charge on any atom is 0.267 e. The Balaban J connectivity index is 1.47. The van der Waals surface area contributed by atoms with E-state index in [0.717, 1.165) is 36.1 Å². The highest BCUT2D eigenvalue weighted by Crippen LogP contribution is 2.27. The molecule has 2 aliphatic rings.